The fraction of sp³-hybridized carbons (Fsp3) is 0.200. The molecule has 0 atom stereocenters. The standard InChI is InChI=1S/C15H14F2N2O2S/c1-10(20)18-12-5-2-4-11(8-12)13-9-22-15(21)19(13)7-3-6-14(16)17/h2,4-6,8-9H,3,7H2,1H3,(H,18,20). The molecule has 2 rings (SSSR count). The first-order valence-electron chi connectivity index (χ1n) is 6.55. The minimum atomic E-state index is -1.75. The minimum absolute atomic E-state index is 0.0807. The third kappa shape index (κ3) is 4.11. The summed E-state index contributed by atoms with van der Waals surface area (Å²) in [5.41, 5.74) is 2.01. The van der Waals surface area contributed by atoms with E-state index in [2.05, 4.69) is 5.32 Å². The van der Waals surface area contributed by atoms with Crippen LogP contribution >= 0.6 is 11.3 Å². The summed E-state index contributed by atoms with van der Waals surface area (Å²) in [7, 11) is 0. The maximum absolute atomic E-state index is 12.1. The van der Waals surface area contributed by atoms with Gasteiger partial charge in [0.05, 0.1) is 5.69 Å². The van der Waals surface area contributed by atoms with Gasteiger partial charge >= 0.3 is 4.87 Å². The number of aromatic nitrogens is 1. The monoisotopic (exact) mass is 324 g/mol. The second-order valence-electron chi connectivity index (χ2n) is 4.58. The Kier molecular flexibility index (Phi) is 5.21. The average molecular weight is 324 g/mol. The summed E-state index contributed by atoms with van der Waals surface area (Å²) in [5, 5.41) is 4.35. The summed E-state index contributed by atoms with van der Waals surface area (Å²) >= 11 is 1.02. The van der Waals surface area contributed by atoms with Gasteiger partial charge in [0.1, 0.15) is 0 Å². The zero-order chi connectivity index (χ0) is 16.1. The molecule has 0 unspecified atom stereocenters. The van der Waals surface area contributed by atoms with Gasteiger partial charge < -0.3 is 5.32 Å². The lowest BCUT2D eigenvalue weighted by Gasteiger charge is -2.08. The quantitative estimate of drug-likeness (QED) is 0.911. The predicted octanol–water partition coefficient (Wildman–Crippen LogP) is 3.71. The Morgan fingerprint density at radius 1 is 1.41 bits per heavy atom. The van der Waals surface area contributed by atoms with Crippen LogP contribution in [-0.2, 0) is 11.3 Å². The zero-order valence-corrected chi connectivity index (χ0v) is 12.6. The lowest BCUT2D eigenvalue weighted by Crippen LogP contribution is -2.14. The first kappa shape index (κ1) is 16.1. The van der Waals surface area contributed by atoms with E-state index in [1.54, 1.807) is 29.6 Å². The molecule has 0 saturated carbocycles. The van der Waals surface area contributed by atoms with Gasteiger partial charge in [-0.2, -0.15) is 8.78 Å². The smallest absolute Gasteiger partial charge is 0.307 e. The number of benzene rings is 1. The van der Waals surface area contributed by atoms with E-state index in [9.17, 15) is 18.4 Å². The third-order valence-corrected chi connectivity index (χ3v) is 3.68. The van der Waals surface area contributed by atoms with Gasteiger partial charge in [-0.25, -0.2) is 0 Å². The highest BCUT2D eigenvalue weighted by atomic mass is 32.1. The molecule has 2 aromatic rings. The molecule has 116 valence electrons. The number of nitrogens with zero attached hydrogens (tertiary/aromatic N) is 1. The van der Waals surface area contributed by atoms with E-state index in [1.807, 2.05) is 0 Å². The SMILES string of the molecule is CC(=O)Nc1cccc(-c2csc(=O)n2CCC=C(F)F)c1. The summed E-state index contributed by atoms with van der Waals surface area (Å²) < 4.78 is 25.7. The number of nitrogens with one attached hydrogen (secondary N) is 1. The molecule has 0 fully saturated rings. The summed E-state index contributed by atoms with van der Waals surface area (Å²) in [4.78, 5) is 22.7. The maximum Gasteiger partial charge on any atom is 0.307 e. The largest absolute Gasteiger partial charge is 0.326 e. The van der Waals surface area contributed by atoms with E-state index >= 15 is 0 Å². The fourth-order valence-corrected chi connectivity index (χ4v) is 2.82. The molecular formula is C15H14F2N2O2S. The number of allylic oxidation sites excluding steroid dienone is 1. The van der Waals surface area contributed by atoms with Gasteiger partial charge in [-0.15, -0.1) is 0 Å². The van der Waals surface area contributed by atoms with Crippen LogP contribution in [0.15, 0.2) is 46.6 Å². The van der Waals surface area contributed by atoms with Gasteiger partial charge in [-0.1, -0.05) is 23.5 Å². The summed E-state index contributed by atoms with van der Waals surface area (Å²) in [6, 6.07) is 7.04. The zero-order valence-electron chi connectivity index (χ0n) is 11.8. The number of halogens is 2. The fourth-order valence-electron chi connectivity index (χ4n) is 2.03. The van der Waals surface area contributed by atoms with E-state index < -0.39 is 6.08 Å². The van der Waals surface area contributed by atoms with Gasteiger partial charge in [0.25, 0.3) is 6.08 Å². The molecule has 1 aromatic heterocycles. The number of amides is 1. The van der Waals surface area contributed by atoms with Crippen molar-refractivity contribution < 1.29 is 13.6 Å². The Morgan fingerprint density at radius 3 is 2.86 bits per heavy atom. The van der Waals surface area contributed by atoms with Crippen molar-refractivity contribution >= 4 is 22.9 Å². The second-order valence-corrected chi connectivity index (χ2v) is 5.40. The van der Waals surface area contributed by atoms with Crippen LogP contribution in [0.5, 0.6) is 0 Å². The molecule has 22 heavy (non-hydrogen) atoms. The number of hydrogen-bond donors (Lipinski definition) is 1. The van der Waals surface area contributed by atoms with Crippen molar-refractivity contribution in [3.8, 4) is 11.3 Å². The maximum atomic E-state index is 12.1. The van der Waals surface area contributed by atoms with Gasteiger partial charge in [0, 0.05) is 30.1 Å². The van der Waals surface area contributed by atoms with Crippen LogP contribution in [0.3, 0.4) is 0 Å². The van der Waals surface area contributed by atoms with Crippen LogP contribution in [0.1, 0.15) is 13.3 Å². The van der Waals surface area contributed by atoms with E-state index in [-0.39, 0.29) is 23.7 Å². The number of hydrogen-bond acceptors (Lipinski definition) is 3. The van der Waals surface area contributed by atoms with Crippen molar-refractivity contribution in [3.63, 3.8) is 0 Å². The molecule has 0 bridgehead atoms. The molecule has 0 aliphatic rings. The van der Waals surface area contributed by atoms with Crippen molar-refractivity contribution in [1.29, 1.82) is 0 Å². The molecule has 0 aliphatic heterocycles. The second kappa shape index (κ2) is 7.13. The molecule has 1 N–H and O–H groups in total. The van der Waals surface area contributed by atoms with Crippen LogP contribution in [0.25, 0.3) is 11.3 Å². The number of carbonyl (C=O) groups excluding carboxylic acids is 1. The Labute approximate surface area is 129 Å². The summed E-state index contributed by atoms with van der Waals surface area (Å²) in [6.45, 7) is 1.59. The van der Waals surface area contributed by atoms with Gasteiger partial charge in [0.15, 0.2) is 0 Å². The van der Waals surface area contributed by atoms with Crippen molar-refractivity contribution in [1.82, 2.24) is 4.57 Å². The Balaban J connectivity index is 2.31. The van der Waals surface area contributed by atoms with Gasteiger partial charge in [-0.05, 0) is 24.6 Å². The average Bonchev–Trinajstić information content (AvgIpc) is 2.80. The molecule has 7 heteroatoms. The third-order valence-electron chi connectivity index (χ3n) is 2.91. The molecule has 1 aromatic carbocycles. The molecule has 0 saturated heterocycles. The van der Waals surface area contributed by atoms with Crippen LogP contribution in [-0.4, -0.2) is 10.5 Å². The first-order chi connectivity index (χ1) is 10.5. The van der Waals surface area contributed by atoms with Gasteiger partial charge in [0.2, 0.25) is 5.91 Å². The lowest BCUT2D eigenvalue weighted by molar-refractivity contribution is -0.114. The number of thiazole rings is 1. The predicted molar refractivity (Wildman–Crippen MR) is 83.2 cm³/mol. The van der Waals surface area contributed by atoms with Crippen molar-refractivity contribution in [3.05, 3.63) is 51.5 Å². The van der Waals surface area contributed by atoms with E-state index in [0.29, 0.717) is 11.4 Å². The highest BCUT2D eigenvalue weighted by Gasteiger charge is 2.09. The molecule has 0 radical (unpaired) electrons. The molecule has 0 spiro atoms. The Bertz CT molecular complexity index is 761. The molecular weight excluding hydrogens is 310 g/mol. The summed E-state index contributed by atoms with van der Waals surface area (Å²) in [5.74, 6) is -0.191. The van der Waals surface area contributed by atoms with Crippen molar-refractivity contribution in [2.75, 3.05) is 5.32 Å². The number of anilines is 1. The van der Waals surface area contributed by atoms with Gasteiger partial charge in [-0.3, -0.25) is 14.2 Å². The van der Waals surface area contributed by atoms with E-state index in [1.165, 1.54) is 11.5 Å². The highest BCUT2D eigenvalue weighted by Crippen LogP contribution is 2.23. The summed E-state index contributed by atoms with van der Waals surface area (Å²) in [6.07, 6.45) is -0.878. The lowest BCUT2D eigenvalue weighted by atomic mass is 10.1. The van der Waals surface area contributed by atoms with Crippen molar-refractivity contribution in [2.24, 2.45) is 0 Å². The van der Waals surface area contributed by atoms with Crippen LogP contribution in [0, 0.1) is 0 Å². The van der Waals surface area contributed by atoms with E-state index in [0.717, 1.165) is 23.0 Å². The highest BCUT2D eigenvalue weighted by molar-refractivity contribution is 7.07. The van der Waals surface area contributed by atoms with Crippen LogP contribution in [0.4, 0.5) is 14.5 Å². The van der Waals surface area contributed by atoms with E-state index in [4.69, 9.17) is 0 Å². The first-order valence-corrected chi connectivity index (χ1v) is 7.43. The molecule has 4 nitrogen and oxygen atoms in total. The topological polar surface area (TPSA) is 51.1 Å². The van der Waals surface area contributed by atoms with Crippen LogP contribution in [0.2, 0.25) is 0 Å². The normalized spacial score (nSPS) is 10.3. The minimum Gasteiger partial charge on any atom is -0.326 e. The molecule has 1 heterocycles. The number of carbonyl (C=O) groups is 1. The Hall–Kier alpha value is -2.28. The molecule has 0 aliphatic carbocycles. The van der Waals surface area contributed by atoms with Crippen LogP contribution < -0.4 is 10.2 Å². The van der Waals surface area contributed by atoms with Crippen molar-refractivity contribution in [2.45, 2.75) is 19.9 Å². The Morgan fingerprint density at radius 2 is 2.18 bits per heavy atom. The molecule has 1 amide bonds. The number of rotatable bonds is 5.